The fraction of sp³-hybridized carbons (Fsp3) is 0.917. The highest BCUT2D eigenvalue weighted by Gasteiger charge is 2.30. The Bertz CT molecular complexity index is 244. The van der Waals surface area contributed by atoms with Crippen molar-refractivity contribution in [3.63, 3.8) is 0 Å². The summed E-state index contributed by atoms with van der Waals surface area (Å²) in [6, 6.07) is 0.755. The molecule has 2 heterocycles. The molecule has 0 aromatic heterocycles. The standard InChI is InChI=1S/C12H23N3O/c1-2-6-13-12(16)15-9-4-8-14-7-3-5-11(14)10-15/h11H,2-10H2,1H3,(H,13,16). The van der Waals surface area contributed by atoms with Gasteiger partial charge in [-0.3, -0.25) is 4.90 Å². The van der Waals surface area contributed by atoms with E-state index in [4.69, 9.17) is 0 Å². The number of amides is 2. The van der Waals surface area contributed by atoms with Crippen LogP contribution in [0.3, 0.4) is 0 Å². The molecule has 1 unspecified atom stereocenters. The molecule has 1 N–H and O–H groups in total. The summed E-state index contributed by atoms with van der Waals surface area (Å²) >= 11 is 0. The predicted octanol–water partition coefficient (Wildman–Crippen LogP) is 1.28. The Labute approximate surface area is 98.0 Å². The average molecular weight is 225 g/mol. The lowest BCUT2D eigenvalue weighted by Gasteiger charge is -2.25. The summed E-state index contributed by atoms with van der Waals surface area (Å²) in [6.45, 7) is 7.13. The van der Waals surface area contributed by atoms with Crippen LogP contribution in [0.5, 0.6) is 0 Å². The first-order chi connectivity index (χ1) is 7.81. The van der Waals surface area contributed by atoms with Gasteiger partial charge in [-0.05, 0) is 32.2 Å². The lowest BCUT2D eigenvalue weighted by atomic mass is 10.2. The van der Waals surface area contributed by atoms with E-state index in [0.717, 1.165) is 32.5 Å². The minimum atomic E-state index is 0.135. The molecule has 16 heavy (non-hydrogen) atoms. The molecule has 2 aliphatic heterocycles. The number of hydrogen-bond acceptors (Lipinski definition) is 2. The normalized spacial score (nSPS) is 26.3. The largest absolute Gasteiger partial charge is 0.338 e. The van der Waals surface area contributed by atoms with Gasteiger partial charge < -0.3 is 10.2 Å². The molecule has 0 aromatic rings. The van der Waals surface area contributed by atoms with E-state index >= 15 is 0 Å². The molecule has 92 valence electrons. The van der Waals surface area contributed by atoms with Gasteiger partial charge in [0.05, 0.1) is 0 Å². The minimum absolute atomic E-state index is 0.135. The van der Waals surface area contributed by atoms with Crippen molar-refractivity contribution in [2.75, 3.05) is 32.7 Å². The van der Waals surface area contributed by atoms with Crippen molar-refractivity contribution in [2.24, 2.45) is 0 Å². The Kier molecular flexibility index (Phi) is 4.04. The highest BCUT2D eigenvalue weighted by Crippen LogP contribution is 2.21. The summed E-state index contributed by atoms with van der Waals surface area (Å²) in [4.78, 5) is 16.4. The number of hydrogen-bond donors (Lipinski definition) is 1. The van der Waals surface area contributed by atoms with Gasteiger partial charge in [-0.2, -0.15) is 0 Å². The molecule has 0 spiro atoms. The third kappa shape index (κ3) is 2.67. The molecule has 2 fully saturated rings. The summed E-state index contributed by atoms with van der Waals surface area (Å²) in [5, 5.41) is 2.98. The van der Waals surface area contributed by atoms with Crippen LogP contribution in [0.15, 0.2) is 0 Å². The number of carbonyl (C=O) groups excluding carboxylic acids is 1. The molecule has 1 atom stereocenters. The van der Waals surface area contributed by atoms with Gasteiger partial charge >= 0.3 is 6.03 Å². The molecular weight excluding hydrogens is 202 g/mol. The Morgan fingerprint density at radius 1 is 1.31 bits per heavy atom. The molecule has 4 heteroatoms. The van der Waals surface area contributed by atoms with E-state index in [2.05, 4.69) is 17.1 Å². The highest BCUT2D eigenvalue weighted by molar-refractivity contribution is 5.74. The lowest BCUT2D eigenvalue weighted by Crippen LogP contribution is -2.44. The summed E-state index contributed by atoms with van der Waals surface area (Å²) < 4.78 is 0. The zero-order valence-corrected chi connectivity index (χ0v) is 10.2. The number of rotatable bonds is 2. The molecule has 0 aromatic carbocycles. The van der Waals surface area contributed by atoms with E-state index in [1.165, 1.54) is 25.9 Å². The van der Waals surface area contributed by atoms with Crippen LogP contribution in [0.25, 0.3) is 0 Å². The van der Waals surface area contributed by atoms with E-state index in [9.17, 15) is 4.79 Å². The van der Waals surface area contributed by atoms with Crippen molar-refractivity contribution in [3.05, 3.63) is 0 Å². The van der Waals surface area contributed by atoms with E-state index in [1.54, 1.807) is 0 Å². The molecule has 4 nitrogen and oxygen atoms in total. The van der Waals surface area contributed by atoms with Crippen LogP contribution in [0, 0.1) is 0 Å². The molecule has 2 saturated heterocycles. The lowest BCUT2D eigenvalue weighted by molar-refractivity contribution is 0.188. The molecule has 0 aliphatic carbocycles. The summed E-state index contributed by atoms with van der Waals surface area (Å²) in [5.74, 6) is 0. The fourth-order valence-electron chi connectivity index (χ4n) is 2.73. The second-order valence-corrected chi connectivity index (χ2v) is 4.86. The van der Waals surface area contributed by atoms with E-state index in [-0.39, 0.29) is 6.03 Å². The number of carbonyl (C=O) groups is 1. The van der Waals surface area contributed by atoms with Crippen molar-refractivity contribution in [1.82, 2.24) is 15.1 Å². The first-order valence-electron chi connectivity index (χ1n) is 6.58. The molecular formula is C12H23N3O. The molecule has 0 radical (unpaired) electrons. The van der Waals surface area contributed by atoms with Crippen LogP contribution in [0.1, 0.15) is 32.6 Å². The molecule has 2 rings (SSSR count). The van der Waals surface area contributed by atoms with Gasteiger partial charge in [0.25, 0.3) is 0 Å². The van der Waals surface area contributed by atoms with E-state index < -0.39 is 0 Å². The maximum absolute atomic E-state index is 11.9. The average Bonchev–Trinajstić information content (AvgIpc) is 2.63. The fourth-order valence-corrected chi connectivity index (χ4v) is 2.73. The smallest absolute Gasteiger partial charge is 0.317 e. The van der Waals surface area contributed by atoms with Gasteiger partial charge in [0.15, 0.2) is 0 Å². The van der Waals surface area contributed by atoms with Crippen LogP contribution in [-0.2, 0) is 0 Å². The Morgan fingerprint density at radius 3 is 2.94 bits per heavy atom. The maximum atomic E-state index is 11.9. The monoisotopic (exact) mass is 225 g/mol. The predicted molar refractivity (Wildman–Crippen MR) is 64.5 cm³/mol. The zero-order valence-electron chi connectivity index (χ0n) is 10.2. The molecule has 0 bridgehead atoms. The van der Waals surface area contributed by atoms with Crippen LogP contribution in [0.2, 0.25) is 0 Å². The third-order valence-corrected chi connectivity index (χ3v) is 3.62. The van der Waals surface area contributed by atoms with Gasteiger partial charge in [-0.1, -0.05) is 6.92 Å². The Balaban J connectivity index is 1.87. The van der Waals surface area contributed by atoms with Crippen molar-refractivity contribution in [1.29, 1.82) is 0 Å². The van der Waals surface area contributed by atoms with Crippen LogP contribution in [0.4, 0.5) is 4.79 Å². The van der Waals surface area contributed by atoms with Crippen molar-refractivity contribution >= 4 is 6.03 Å². The Hall–Kier alpha value is -0.770. The first-order valence-corrected chi connectivity index (χ1v) is 6.58. The highest BCUT2D eigenvalue weighted by atomic mass is 16.2. The summed E-state index contributed by atoms with van der Waals surface area (Å²) in [5.41, 5.74) is 0. The second kappa shape index (κ2) is 5.53. The van der Waals surface area contributed by atoms with Crippen molar-refractivity contribution in [3.8, 4) is 0 Å². The van der Waals surface area contributed by atoms with Gasteiger partial charge in [0, 0.05) is 32.2 Å². The van der Waals surface area contributed by atoms with Crippen LogP contribution in [-0.4, -0.2) is 54.6 Å². The van der Waals surface area contributed by atoms with Gasteiger partial charge in [-0.25, -0.2) is 4.79 Å². The topological polar surface area (TPSA) is 35.6 Å². The molecule has 2 aliphatic rings. The number of urea groups is 1. The van der Waals surface area contributed by atoms with E-state index in [1.807, 2.05) is 4.90 Å². The van der Waals surface area contributed by atoms with Crippen molar-refractivity contribution in [2.45, 2.75) is 38.6 Å². The summed E-state index contributed by atoms with van der Waals surface area (Å²) in [7, 11) is 0. The third-order valence-electron chi connectivity index (χ3n) is 3.62. The van der Waals surface area contributed by atoms with Crippen LogP contribution < -0.4 is 5.32 Å². The SMILES string of the molecule is CCCNC(=O)N1CCCN2CCCC2C1. The number of nitrogens with one attached hydrogen (secondary N) is 1. The van der Waals surface area contributed by atoms with E-state index in [0.29, 0.717) is 6.04 Å². The molecule has 2 amide bonds. The summed E-state index contributed by atoms with van der Waals surface area (Å²) in [6.07, 6.45) is 4.69. The minimum Gasteiger partial charge on any atom is -0.338 e. The van der Waals surface area contributed by atoms with Crippen molar-refractivity contribution < 1.29 is 4.79 Å². The molecule has 0 saturated carbocycles. The quantitative estimate of drug-likeness (QED) is 0.768. The zero-order chi connectivity index (χ0) is 11.4. The van der Waals surface area contributed by atoms with Gasteiger partial charge in [0.2, 0.25) is 0 Å². The first kappa shape index (κ1) is 11.7. The van der Waals surface area contributed by atoms with Crippen LogP contribution >= 0.6 is 0 Å². The Morgan fingerprint density at radius 2 is 2.12 bits per heavy atom. The second-order valence-electron chi connectivity index (χ2n) is 4.86. The number of nitrogens with zero attached hydrogens (tertiary/aromatic N) is 2. The van der Waals surface area contributed by atoms with Gasteiger partial charge in [0.1, 0.15) is 0 Å². The number of fused-ring (bicyclic) bond motifs is 1. The van der Waals surface area contributed by atoms with Gasteiger partial charge in [-0.15, -0.1) is 0 Å². The maximum Gasteiger partial charge on any atom is 0.317 e.